The molecule has 14 heteroatoms. The van der Waals surface area contributed by atoms with Gasteiger partial charge in [0.1, 0.15) is 0 Å². The molecule has 1 heterocycles. The van der Waals surface area contributed by atoms with Crippen LogP contribution in [0.25, 0.3) is 0 Å². The number of alkyl halides is 5. The summed E-state index contributed by atoms with van der Waals surface area (Å²) in [5.41, 5.74) is -1.89. The maximum atomic E-state index is 12.8. The van der Waals surface area contributed by atoms with Crippen molar-refractivity contribution in [2.24, 2.45) is 5.14 Å². The number of pyridine rings is 1. The number of hydrogen-bond acceptors (Lipinski definition) is 6. The van der Waals surface area contributed by atoms with Crippen LogP contribution in [0.15, 0.2) is 11.1 Å². The molecule has 2 N–H and O–H groups in total. The van der Waals surface area contributed by atoms with Crippen molar-refractivity contribution < 1.29 is 40.0 Å². The van der Waals surface area contributed by atoms with Crippen LogP contribution in [0.4, 0.5) is 27.8 Å². The van der Waals surface area contributed by atoms with E-state index >= 15 is 0 Å². The van der Waals surface area contributed by atoms with Gasteiger partial charge in [-0.3, -0.25) is 0 Å². The van der Waals surface area contributed by atoms with E-state index < -0.39 is 49.8 Å². The molecule has 118 valence electrons. The molecule has 0 saturated heterocycles. The summed E-state index contributed by atoms with van der Waals surface area (Å²) in [6, 6.07) is 0. The van der Waals surface area contributed by atoms with Gasteiger partial charge in [0.15, 0.2) is 16.8 Å². The van der Waals surface area contributed by atoms with E-state index in [9.17, 15) is 40.5 Å². The molecular formula is C7H4F5N3O5S. The number of sulfonamides is 1. The number of hydrogen-bond donors (Lipinski definition) is 1. The van der Waals surface area contributed by atoms with Crippen LogP contribution in [-0.2, 0) is 10.0 Å². The summed E-state index contributed by atoms with van der Waals surface area (Å²) in [6.45, 7) is 0. The van der Waals surface area contributed by atoms with E-state index in [0.29, 0.717) is 0 Å². The van der Waals surface area contributed by atoms with E-state index in [4.69, 9.17) is 0 Å². The van der Waals surface area contributed by atoms with Crippen LogP contribution in [0.5, 0.6) is 5.75 Å². The number of aromatic nitrogens is 1. The summed E-state index contributed by atoms with van der Waals surface area (Å²) in [7, 11) is -5.16. The zero-order valence-corrected chi connectivity index (χ0v) is 10.3. The second kappa shape index (κ2) is 5.36. The Balaban J connectivity index is 3.77. The summed E-state index contributed by atoms with van der Waals surface area (Å²) in [5.74, 6) is -3.34. The lowest BCUT2D eigenvalue weighted by atomic mass is 10.2. The summed E-state index contributed by atoms with van der Waals surface area (Å²) < 4.78 is 87.3. The Morgan fingerprint density at radius 3 is 2.24 bits per heavy atom. The highest BCUT2D eigenvalue weighted by Crippen LogP contribution is 2.39. The largest absolute Gasteiger partial charge is 0.573 e. The van der Waals surface area contributed by atoms with Gasteiger partial charge < -0.3 is 14.9 Å². The summed E-state index contributed by atoms with van der Waals surface area (Å²) in [6.07, 6.45) is -9.34. The van der Waals surface area contributed by atoms with Gasteiger partial charge in [-0.1, -0.05) is 0 Å². The number of primary sulfonamides is 1. The predicted octanol–water partition coefficient (Wildman–Crippen LogP) is 1.47. The zero-order chi connectivity index (χ0) is 16.6. The fourth-order valence-electron chi connectivity index (χ4n) is 1.30. The fourth-order valence-corrected chi connectivity index (χ4v) is 2.18. The maximum absolute atomic E-state index is 12.8. The van der Waals surface area contributed by atoms with Gasteiger partial charge in [-0.2, -0.15) is 0 Å². The lowest BCUT2D eigenvalue weighted by Gasteiger charge is -2.13. The Kier molecular flexibility index (Phi) is 4.33. The van der Waals surface area contributed by atoms with Crippen molar-refractivity contribution in [1.29, 1.82) is 0 Å². The summed E-state index contributed by atoms with van der Waals surface area (Å²) >= 11 is 0. The van der Waals surface area contributed by atoms with Gasteiger partial charge in [-0.05, 0) is 9.91 Å². The molecule has 0 aliphatic carbocycles. The van der Waals surface area contributed by atoms with Gasteiger partial charge >= 0.3 is 12.2 Å². The van der Waals surface area contributed by atoms with E-state index in [2.05, 4.69) is 14.9 Å². The molecule has 0 aromatic carbocycles. The van der Waals surface area contributed by atoms with Crippen LogP contribution in [-0.4, -0.2) is 24.7 Å². The highest BCUT2D eigenvalue weighted by molar-refractivity contribution is 7.89. The molecule has 1 rings (SSSR count). The summed E-state index contributed by atoms with van der Waals surface area (Å²) in [5, 5.41) is 15.1. The average molecular weight is 337 g/mol. The number of ether oxygens (including phenoxy) is 1. The molecule has 0 bridgehead atoms. The second-order valence-electron chi connectivity index (χ2n) is 3.34. The van der Waals surface area contributed by atoms with Crippen molar-refractivity contribution in [1.82, 2.24) is 4.98 Å². The fraction of sp³-hybridized carbons (Fsp3) is 0.286. The Morgan fingerprint density at radius 1 is 1.38 bits per heavy atom. The molecule has 1 aromatic heterocycles. The molecule has 0 aliphatic heterocycles. The normalized spacial score (nSPS) is 12.5. The van der Waals surface area contributed by atoms with Crippen molar-refractivity contribution in [2.75, 3.05) is 0 Å². The van der Waals surface area contributed by atoms with E-state index in [1.165, 1.54) is 0 Å². The lowest BCUT2D eigenvalue weighted by molar-refractivity contribution is -0.392. The minimum absolute atomic E-state index is 0.0399. The van der Waals surface area contributed by atoms with Crippen LogP contribution < -0.4 is 9.88 Å². The van der Waals surface area contributed by atoms with Gasteiger partial charge in [-0.15, -0.1) is 13.2 Å². The molecular weight excluding hydrogens is 333 g/mol. The molecule has 0 radical (unpaired) electrons. The van der Waals surface area contributed by atoms with Crippen LogP contribution in [0, 0.1) is 10.1 Å². The molecule has 1 aromatic rings. The Labute approximate surface area is 112 Å². The van der Waals surface area contributed by atoms with E-state index in [0.717, 1.165) is 0 Å². The van der Waals surface area contributed by atoms with Crippen molar-refractivity contribution in [3.05, 3.63) is 21.9 Å². The first-order valence-corrected chi connectivity index (χ1v) is 6.13. The first kappa shape index (κ1) is 17.0. The minimum Gasteiger partial charge on any atom is -0.401 e. The maximum Gasteiger partial charge on any atom is 0.573 e. The van der Waals surface area contributed by atoms with Crippen molar-refractivity contribution in [3.63, 3.8) is 0 Å². The minimum atomic E-state index is -5.45. The quantitative estimate of drug-likeness (QED) is 0.504. The second-order valence-corrected chi connectivity index (χ2v) is 4.84. The Bertz CT molecular complexity index is 674. The van der Waals surface area contributed by atoms with Crippen molar-refractivity contribution >= 4 is 15.8 Å². The Hall–Kier alpha value is -2.09. The van der Waals surface area contributed by atoms with Crippen LogP contribution in [0.2, 0.25) is 0 Å². The molecule has 0 saturated carbocycles. The average Bonchev–Trinajstić information content (AvgIpc) is 2.23. The molecule has 0 atom stereocenters. The van der Waals surface area contributed by atoms with E-state index in [1.54, 1.807) is 0 Å². The molecule has 0 unspecified atom stereocenters. The van der Waals surface area contributed by atoms with Gasteiger partial charge in [0, 0.05) is 0 Å². The topological polar surface area (TPSA) is 125 Å². The van der Waals surface area contributed by atoms with Crippen molar-refractivity contribution in [2.45, 2.75) is 17.7 Å². The van der Waals surface area contributed by atoms with Gasteiger partial charge in [0.25, 0.3) is 6.43 Å². The van der Waals surface area contributed by atoms with Gasteiger partial charge in [-0.25, -0.2) is 22.3 Å². The van der Waals surface area contributed by atoms with Gasteiger partial charge in [0.05, 0.1) is 5.56 Å². The van der Waals surface area contributed by atoms with Crippen LogP contribution >= 0.6 is 0 Å². The molecule has 0 spiro atoms. The first-order chi connectivity index (χ1) is 9.34. The number of nitrogens with two attached hydrogens (primary N) is 1. The van der Waals surface area contributed by atoms with Crippen LogP contribution in [0.3, 0.4) is 0 Å². The van der Waals surface area contributed by atoms with E-state index in [1.807, 2.05) is 0 Å². The third-order valence-corrected chi connectivity index (χ3v) is 2.89. The number of nitro groups is 1. The third kappa shape index (κ3) is 3.94. The SMILES string of the molecule is NS(=O)(=O)c1c([N+](=O)[O-])ncc(OC(F)(F)F)c1C(F)F. The smallest absolute Gasteiger partial charge is 0.401 e. The third-order valence-electron chi connectivity index (χ3n) is 1.92. The monoisotopic (exact) mass is 337 g/mol. The number of rotatable bonds is 4. The standard InChI is InChI=1S/C7H4F5N3O5S/c8-5(9)3-2(20-7(10,11)12)1-14-6(15(16)17)4(3)21(13,18)19/h1,5H,(H2,13,18,19). The zero-order valence-electron chi connectivity index (χ0n) is 9.47. The first-order valence-electron chi connectivity index (χ1n) is 4.58. The number of halogens is 5. The van der Waals surface area contributed by atoms with E-state index in [-0.39, 0.29) is 6.20 Å². The van der Waals surface area contributed by atoms with Crippen molar-refractivity contribution in [3.8, 4) is 5.75 Å². The van der Waals surface area contributed by atoms with Gasteiger partial charge in [0.2, 0.25) is 10.0 Å². The molecule has 0 fully saturated rings. The highest BCUT2D eigenvalue weighted by atomic mass is 32.2. The molecule has 0 amide bonds. The highest BCUT2D eigenvalue weighted by Gasteiger charge is 2.40. The molecule has 21 heavy (non-hydrogen) atoms. The van der Waals surface area contributed by atoms with Crippen LogP contribution in [0.1, 0.15) is 12.0 Å². The molecule has 0 aliphatic rings. The number of nitrogens with zero attached hydrogens (tertiary/aromatic N) is 2. The molecule has 8 nitrogen and oxygen atoms in total. The predicted molar refractivity (Wildman–Crippen MR) is 53.9 cm³/mol. The Morgan fingerprint density at radius 2 is 1.90 bits per heavy atom. The lowest BCUT2D eigenvalue weighted by Crippen LogP contribution is -2.22. The summed E-state index contributed by atoms with van der Waals surface area (Å²) in [4.78, 5) is 9.98.